The Hall–Kier alpha value is -3.99. The largest absolute Gasteiger partial charge is 0.472 e. The van der Waals surface area contributed by atoms with E-state index in [-0.39, 0.29) is 40.7 Å². The Morgan fingerprint density at radius 2 is 1.87 bits per heavy atom. The standard InChI is InChI=1S/C28H27FN10O11P2S/c29-14-13-6-45-51(53)49-19-18-26(38-10-33-15-20(31-9-32-21(15)38)35-23(40)12-4-2-1-3-5-12)48-28(19,7-44-18)8-46-52(42,43)50-17(14)25(47-13)39-11-34-16-22(39)36-27(30)37-24(16)41/h1-5,9-11,13-14,17-19,25-26,53H,6-8H2,(H,42,43)(H3,30,36,37,41)(H,31,32,35,40)/t13-,14+,17-,18-,19+,25-,26-,28-,51?/m1/s1. The molecule has 25 heteroatoms. The number of H-pyrrole nitrogens is 1. The van der Waals surface area contributed by atoms with Gasteiger partial charge in [-0.1, -0.05) is 30.4 Å². The summed E-state index contributed by atoms with van der Waals surface area (Å²) in [5.74, 6) is -0.511. The topological polar surface area (TPSA) is 264 Å². The second kappa shape index (κ2) is 13.1. The van der Waals surface area contributed by atoms with E-state index in [9.17, 15) is 19.0 Å². The number of nitrogens with two attached hydrogens (primary N) is 1. The van der Waals surface area contributed by atoms with Crippen molar-refractivity contribution in [2.75, 3.05) is 30.9 Å². The first-order valence-electron chi connectivity index (χ1n) is 15.8. The minimum Gasteiger partial charge on any atom is -0.369 e. The van der Waals surface area contributed by atoms with E-state index >= 15 is 4.39 Å². The Morgan fingerprint density at radius 1 is 1.09 bits per heavy atom. The predicted octanol–water partition coefficient (Wildman–Crippen LogP) is 1.77. The summed E-state index contributed by atoms with van der Waals surface area (Å²) in [6.07, 6.45) is -5.69. The van der Waals surface area contributed by atoms with E-state index < -0.39 is 88.7 Å². The third-order valence-electron chi connectivity index (χ3n) is 9.14. The van der Waals surface area contributed by atoms with Gasteiger partial charge in [0, 0.05) is 5.56 Å². The highest BCUT2D eigenvalue weighted by Crippen LogP contribution is 2.58. The first kappa shape index (κ1) is 34.8. The molecule has 0 radical (unpaired) electrons. The SMILES string of the molecule is Nc1nc2c(ncn2[C@@H]2O[C@@H]3COP(S)O[C@H]4[C@H]5OC[C@]4(COP(=O)(O)O[C@@H]2[C@H]3F)O[C@H]5n2cnc3c(NC(=O)c4ccccc4)ncnc32)c(=O)[nH]1. The number of fused-ring (bicyclic) bond motifs is 4. The number of rotatable bonds is 4. The molecule has 21 nitrogen and oxygen atoms in total. The molecule has 53 heavy (non-hydrogen) atoms. The number of phosphoric acid groups is 1. The summed E-state index contributed by atoms with van der Waals surface area (Å²) in [5, 5.41) is 2.75. The van der Waals surface area contributed by atoms with Gasteiger partial charge in [-0.25, -0.2) is 28.9 Å². The van der Waals surface area contributed by atoms with E-state index in [1.54, 1.807) is 34.9 Å². The zero-order chi connectivity index (χ0) is 36.6. The van der Waals surface area contributed by atoms with Crippen LogP contribution in [0.4, 0.5) is 16.2 Å². The molecule has 1 aromatic carbocycles. The lowest BCUT2D eigenvalue weighted by Crippen LogP contribution is -2.45. The molecule has 10 atom stereocenters. The molecule has 8 heterocycles. The number of carbonyl (C=O) groups excluding carboxylic acids is 1. The van der Waals surface area contributed by atoms with Crippen LogP contribution in [0.15, 0.2) is 54.1 Å². The van der Waals surface area contributed by atoms with Gasteiger partial charge in [0.05, 0.1) is 32.5 Å². The second-order valence-electron chi connectivity index (χ2n) is 12.4. The van der Waals surface area contributed by atoms with Crippen molar-refractivity contribution in [2.45, 2.75) is 48.6 Å². The number of nitrogen functional groups attached to an aromatic ring is 1. The number of imidazole rings is 2. The van der Waals surface area contributed by atoms with E-state index in [4.69, 9.17) is 38.0 Å². The maximum Gasteiger partial charge on any atom is 0.472 e. The van der Waals surface area contributed by atoms with Crippen LogP contribution in [0.1, 0.15) is 22.8 Å². The summed E-state index contributed by atoms with van der Waals surface area (Å²) >= 11 is 4.48. The zero-order valence-electron chi connectivity index (χ0n) is 26.7. The molecule has 0 aliphatic carbocycles. The molecule has 9 rings (SSSR count). The smallest absolute Gasteiger partial charge is 0.369 e. The normalized spacial score (nSPS) is 34.4. The lowest BCUT2D eigenvalue weighted by molar-refractivity contribution is -0.184. The van der Waals surface area contributed by atoms with Gasteiger partial charge in [-0.3, -0.25) is 32.8 Å². The van der Waals surface area contributed by atoms with Gasteiger partial charge in [0.1, 0.15) is 36.3 Å². The maximum atomic E-state index is 16.0. The first-order valence-corrected chi connectivity index (χ1v) is 19.6. The molecule has 5 aromatic rings. The van der Waals surface area contributed by atoms with Crippen molar-refractivity contribution in [3.8, 4) is 0 Å². The van der Waals surface area contributed by atoms with Gasteiger partial charge in [-0.15, -0.1) is 0 Å². The number of thiol groups is 1. The number of hydrogen-bond acceptors (Lipinski definition) is 17. The van der Waals surface area contributed by atoms with Crippen LogP contribution >= 0.6 is 27.6 Å². The number of aromatic nitrogens is 8. The second-order valence-corrected chi connectivity index (χ2v) is 15.7. The lowest BCUT2D eigenvalue weighted by Gasteiger charge is -2.32. The summed E-state index contributed by atoms with van der Waals surface area (Å²) in [7, 11) is -7.19. The average molecular weight is 793 g/mol. The van der Waals surface area contributed by atoms with E-state index in [1.807, 2.05) is 0 Å². The average Bonchev–Trinajstić information content (AvgIpc) is 3.95. The van der Waals surface area contributed by atoms with Gasteiger partial charge < -0.3 is 39.2 Å². The van der Waals surface area contributed by atoms with Crippen LogP contribution in [-0.2, 0) is 36.9 Å². The number of halogens is 1. The van der Waals surface area contributed by atoms with Crippen molar-refractivity contribution in [1.29, 1.82) is 0 Å². The highest BCUT2D eigenvalue weighted by molar-refractivity contribution is 8.41. The van der Waals surface area contributed by atoms with Gasteiger partial charge in [0.25, 0.3) is 11.5 Å². The Kier molecular flexibility index (Phi) is 8.59. The fourth-order valence-corrected chi connectivity index (χ4v) is 9.03. The van der Waals surface area contributed by atoms with Crippen LogP contribution in [0.25, 0.3) is 22.3 Å². The molecule has 4 saturated heterocycles. The number of hydrogen-bond donors (Lipinski definition) is 5. The molecular weight excluding hydrogens is 765 g/mol. The van der Waals surface area contributed by atoms with Crippen molar-refractivity contribution < 1.29 is 50.9 Å². The molecule has 5 N–H and O–H groups in total. The minimum absolute atomic E-state index is 0.0857. The Labute approximate surface area is 302 Å². The molecule has 0 spiro atoms. The summed E-state index contributed by atoms with van der Waals surface area (Å²) in [4.78, 5) is 59.6. The van der Waals surface area contributed by atoms with Crippen LogP contribution in [0.2, 0.25) is 0 Å². The van der Waals surface area contributed by atoms with Crippen LogP contribution in [0.3, 0.4) is 0 Å². The Balaban J connectivity index is 1.00. The summed E-state index contributed by atoms with van der Waals surface area (Å²) in [5.41, 5.74) is 4.23. The quantitative estimate of drug-likeness (QED) is 0.128. The molecule has 1 amide bonds. The number of phosphoric ester groups is 1. The summed E-state index contributed by atoms with van der Waals surface area (Å²) < 4.78 is 73.6. The van der Waals surface area contributed by atoms with Crippen LogP contribution < -0.4 is 16.6 Å². The predicted molar refractivity (Wildman–Crippen MR) is 181 cm³/mol. The zero-order valence-corrected chi connectivity index (χ0v) is 29.4. The molecule has 4 bridgehead atoms. The fraction of sp³-hybridized carbons (Fsp3) is 0.393. The fourth-order valence-electron chi connectivity index (χ4n) is 6.71. The lowest BCUT2D eigenvalue weighted by atomic mass is 10.0. The first-order chi connectivity index (χ1) is 25.5. The summed E-state index contributed by atoms with van der Waals surface area (Å²) in [6, 6.07) is 8.55. The molecule has 4 aliphatic heterocycles. The van der Waals surface area contributed by atoms with Gasteiger partial charge in [0.2, 0.25) is 13.5 Å². The number of ether oxygens (including phenoxy) is 3. The third kappa shape index (κ3) is 6.01. The highest BCUT2D eigenvalue weighted by atomic mass is 32.7. The van der Waals surface area contributed by atoms with Gasteiger partial charge in [0.15, 0.2) is 46.8 Å². The summed E-state index contributed by atoms with van der Waals surface area (Å²) in [6.45, 7) is -1.21. The molecule has 4 aromatic heterocycles. The number of amides is 1. The molecular formula is C28H27FN10O11P2S. The number of benzene rings is 1. The molecule has 2 unspecified atom stereocenters. The Bertz CT molecular complexity index is 2340. The van der Waals surface area contributed by atoms with Crippen molar-refractivity contribution in [3.05, 3.63) is 65.2 Å². The van der Waals surface area contributed by atoms with Gasteiger partial charge in [-0.05, 0) is 12.1 Å². The van der Waals surface area contributed by atoms with Crippen LogP contribution in [0, 0.1) is 0 Å². The van der Waals surface area contributed by atoms with Crippen molar-refractivity contribution in [2.24, 2.45) is 0 Å². The van der Waals surface area contributed by atoms with Gasteiger partial charge in [-0.2, -0.15) is 4.98 Å². The van der Waals surface area contributed by atoms with Crippen LogP contribution in [-0.4, -0.2) is 106 Å². The molecule has 0 saturated carbocycles. The molecule has 4 aliphatic rings. The van der Waals surface area contributed by atoms with E-state index in [1.165, 1.54) is 12.7 Å². The van der Waals surface area contributed by atoms with Crippen molar-refractivity contribution in [3.63, 3.8) is 0 Å². The number of carbonyl (C=O) groups is 1. The van der Waals surface area contributed by atoms with E-state index in [0.29, 0.717) is 5.56 Å². The number of nitrogens with zero attached hydrogens (tertiary/aromatic N) is 7. The monoisotopic (exact) mass is 792 g/mol. The number of aromatic amines is 1. The van der Waals surface area contributed by atoms with E-state index in [0.717, 1.165) is 10.9 Å². The number of anilines is 2. The minimum atomic E-state index is -5.11. The molecule has 278 valence electrons. The van der Waals surface area contributed by atoms with Crippen molar-refractivity contribution in [1.82, 2.24) is 39.0 Å². The highest BCUT2D eigenvalue weighted by Gasteiger charge is 2.65. The Morgan fingerprint density at radius 3 is 2.68 bits per heavy atom. The number of nitrogens with one attached hydrogen (secondary N) is 2. The van der Waals surface area contributed by atoms with E-state index in [2.05, 4.69) is 47.5 Å². The number of alkyl halides is 1. The van der Waals surface area contributed by atoms with Crippen LogP contribution in [0.5, 0.6) is 0 Å². The van der Waals surface area contributed by atoms with Gasteiger partial charge >= 0.3 is 7.82 Å². The van der Waals surface area contributed by atoms with Crippen molar-refractivity contribution >= 4 is 67.6 Å². The maximum absolute atomic E-state index is 16.0. The third-order valence-corrected chi connectivity index (χ3v) is 11.5. The molecule has 4 fully saturated rings.